The lowest BCUT2D eigenvalue weighted by Gasteiger charge is -2.16. The van der Waals surface area contributed by atoms with Crippen molar-refractivity contribution in [2.45, 2.75) is 44.5 Å². The Morgan fingerprint density at radius 3 is 3.20 bits per heavy atom. The van der Waals surface area contributed by atoms with E-state index in [2.05, 4.69) is 0 Å². The van der Waals surface area contributed by atoms with Crippen molar-refractivity contribution in [3.63, 3.8) is 0 Å². The zero-order valence-corrected chi connectivity index (χ0v) is 6.43. The van der Waals surface area contributed by atoms with Gasteiger partial charge in [0.05, 0.1) is 0 Å². The molecular weight excluding hydrogens is 128 g/mol. The lowest BCUT2D eigenvalue weighted by atomic mass is 9.98. The molecule has 1 aliphatic heterocycles. The third-order valence-corrected chi connectivity index (χ3v) is 2.41. The Bertz CT molecular complexity index is 131. The Morgan fingerprint density at radius 2 is 2.50 bits per heavy atom. The molecule has 0 aromatic heterocycles. The second-order valence-corrected chi connectivity index (χ2v) is 3.10. The van der Waals surface area contributed by atoms with E-state index in [4.69, 9.17) is 9.47 Å². The first-order chi connectivity index (χ1) is 4.87. The van der Waals surface area contributed by atoms with Crippen molar-refractivity contribution in [1.29, 1.82) is 0 Å². The van der Waals surface area contributed by atoms with Gasteiger partial charge in [0.1, 0.15) is 6.10 Å². The molecule has 1 aliphatic carbocycles. The van der Waals surface area contributed by atoms with Crippen LogP contribution in [0, 0.1) is 0 Å². The first-order valence-corrected chi connectivity index (χ1v) is 4.19. The van der Waals surface area contributed by atoms with Gasteiger partial charge in [0.25, 0.3) is 0 Å². The van der Waals surface area contributed by atoms with Crippen molar-refractivity contribution >= 4 is 0 Å². The fourth-order valence-electron chi connectivity index (χ4n) is 1.85. The Balaban J connectivity index is 1.92. The van der Waals surface area contributed by atoms with Gasteiger partial charge in [-0.15, -0.1) is 0 Å². The number of ether oxygens (including phenoxy) is 2. The summed E-state index contributed by atoms with van der Waals surface area (Å²) >= 11 is 0. The van der Waals surface area contributed by atoms with Crippen LogP contribution in [0.2, 0.25) is 0 Å². The first kappa shape index (κ1) is 6.62. The molecule has 2 aliphatic rings. The summed E-state index contributed by atoms with van der Waals surface area (Å²) in [5.41, 5.74) is 0. The second-order valence-electron chi connectivity index (χ2n) is 3.10. The Labute approximate surface area is 61.5 Å². The van der Waals surface area contributed by atoms with E-state index in [0.717, 1.165) is 13.0 Å². The highest BCUT2D eigenvalue weighted by molar-refractivity contribution is 4.97. The SMILES string of the molecule is CCOC12CCCCC1O2. The molecule has 1 saturated heterocycles. The highest BCUT2D eigenvalue weighted by Gasteiger charge is 2.58. The smallest absolute Gasteiger partial charge is 0.195 e. The molecule has 2 atom stereocenters. The van der Waals surface area contributed by atoms with Gasteiger partial charge in [-0.05, 0) is 19.8 Å². The van der Waals surface area contributed by atoms with Crippen LogP contribution < -0.4 is 0 Å². The second kappa shape index (κ2) is 2.21. The summed E-state index contributed by atoms with van der Waals surface area (Å²) in [6.45, 7) is 2.82. The molecule has 1 heterocycles. The normalized spacial score (nSPS) is 44.7. The number of hydrogen-bond donors (Lipinski definition) is 0. The van der Waals surface area contributed by atoms with Crippen molar-refractivity contribution in [2.24, 2.45) is 0 Å². The summed E-state index contributed by atoms with van der Waals surface area (Å²) in [4.78, 5) is 0. The Kier molecular flexibility index (Phi) is 1.46. The van der Waals surface area contributed by atoms with Crippen LogP contribution in [-0.2, 0) is 9.47 Å². The van der Waals surface area contributed by atoms with Crippen molar-refractivity contribution in [2.75, 3.05) is 6.61 Å². The lowest BCUT2D eigenvalue weighted by molar-refractivity contribution is -0.0462. The molecule has 0 amide bonds. The molecular formula is C8H14O2. The van der Waals surface area contributed by atoms with Gasteiger partial charge in [-0.25, -0.2) is 0 Å². The average Bonchev–Trinajstić information content (AvgIpc) is 2.62. The average molecular weight is 142 g/mol. The molecule has 2 unspecified atom stereocenters. The standard InChI is InChI=1S/C8H14O2/c1-2-9-8-6-4-3-5-7(8)10-8/h7H,2-6H2,1H3. The molecule has 2 heteroatoms. The van der Waals surface area contributed by atoms with Gasteiger partial charge < -0.3 is 9.47 Å². The number of rotatable bonds is 2. The van der Waals surface area contributed by atoms with Crippen LogP contribution in [0.3, 0.4) is 0 Å². The molecule has 0 spiro atoms. The lowest BCUT2D eigenvalue weighted by Crippen LogP contribution is -2.22. The summed E-state index contributed by atoms with van der Waals surface area (Å²) in [5.74, 6) is -0.104. The highest BCUT2D eigenvalue weighted by atomic mass is 16.8. The molecule has 0 bridgehead atoms. The summed E-state index contributed by atoms with van der Waals surface area (Å²) < 4.78 is 11.0. The zero-order valence-electron chi connectivity index (χ0n) is 6.43. The van der Waals surface area contributed by atoms with E-state index in [1.807, 2.05) is 6.92 Å². The van der Waals surface area contributed by atoms with Gasteiger partial charge >= 0.3 is 0 Å². The summed E-state index contributed by atoms with van der Waals surface area (Å²) in [5, 5.41) is 0. The number of hydrogen-bond acceptors (Lipinski definition) is 2. The van der Waals surface area contributed by atoms with Gasteiger partial charge in [-0.1, -0.05) is 6.42 Å². The molecule has 2 fully saturated rings. The zero-order chi connectivity index (χ0) is 7.03. The Hall–Kier alpha value is -0.0800. The summed E-state index contributed by atoms with van der Waals surface area (Å²) in [7, 11) is 0. The molecule has 0 aromatic carbocycles. The molecule has 0 N–H and O–H groups in total. The van der Waals surface area contributed by atoms with E-state index < -0.39 is 0 Å². The van der Waals surface area contributed by atoms with E-state index in [1.165, 1.54) is 19.3 Å². The van der Waals surface area contributed by atoms with Gasteiger partial charge in [0.2, 0.25) is 0 Å². The minimum absolute atomic E-state index is 0.104. The van der Waals surface area contributed by atoms with E-state index in [-0.39, 0.29) is 5.79 Å². The van der Waals surface area contributed by atoms with Crippen LogP contribution in [0.25, 0.3) is 0 Å². The maximum Gasteiger partial charge on any atom is 0.195 e. The molecule has 0 aromatic rings. The fourth-order valence-corrected chi connectivity index (χ4v) is 1.85. The molecule has 10 heavy (non-hydrogen) atoms. The molecule has 0 radical (unpaired) electrons. The van der Waals surface area contributed by atoms with Crippen LogP contribution >= 0.6 is 0 Å². The maximum atomic E-state index is 5.52. The molecule has 1 saturated carbocycles. The summed E-state index contributed by atoms with van der Waals surface area (Å²) in [6.07, 6.45) is 5.36. The minimum Gasteiger partial charge on any atom is -0.348 e. The van der Waals surface area contributed by atoms with Gasteiger partial charge in [0, 0.05) is 13.0 Å². The van der Waals surface area contributed by atoms with Crippen LogP contribution in [-0.4, -0.2) is 18.5 Å². The van der Waals surface area contributed by atoms with E-state index in [1.54, 1.807) is 0 Å². The molecule has 2 rings (SSSR count). The molecule has 58 valence electrons. The minimum atomic E-state index is -0.104. The highest BCUT2D eigenvalue weighted by Crippen LogP contribution is 2.48. The Morgan fingerprint density at radius 1 is 1.60 bits per heavy atom. The van der Waals surface area contributed by atoms with Crippen molar-refractivity contribution in [3.8, 4) is 0 Å². The first-order valence-electron chi connectivity index (χ1n) is 4.19. The maximum absolute atomic E-state index is 5.52. The van der Waals surface area contributed by atoms with E-state index >= 15 is 0 Å². The fraction of sp³-hybridized carbons (Fsp3) is 1.00. The predicted octanol–water partition coefficient (Wildman–Crippen LogP) is 1.69. The third-order valence-electron chi connectivity index (χ3n) is 2.41. The third kappa shape index (κ3) is 0.867. The predicted molar refractivity (Wildman–Crippen MR) is 37.7 cm³/mol. The van der Waals surface area contributed by atoms with Crippen LogP contribution in [0.4, 0.5) is 0 Å². The number of fused-ring (bicyclic) bond motifs is 1. The van der Waals surface area contributed by atoms with Gasteiger partial charge in [0.15, 0.2) is 5.79 Å². The largest absolute Gasteiger partial charge is 0.348 e. The van der Waals surface area contributed by atoms with Crippen LogP contribution in [0.15, 0.2) is 0 Å². The van der Waals surface area contributed by atoms with Crippen molar-refractivity contribution in [1.82, 2.24) is 0 Å². The van der Waals surface area contributed by atoms with Gasteiger partial charge in [-0.2, -0.15) is 0 Å². The van der Waals surface area contributed by atoms with Crippen LogP contribution in [0.5, 0.6) is 0 Å². The van der Waals surface area contributed by atoms with Crippen LogP contribution in [0.1, 0.15) is 32.6 Å². The number of epoxide rings is 1. The molecule has 2 nitrogen and oxygen atoms in total. The van der Waals surface area contributed by atoms with Gasteiger partial charge in [-0.3, -0.25) is 0 Å². The van der Waals surface area contributed by atoms with Crippen molar-refractivity contribution in [3.05, 3.63) is 0 Å². The van der Waals surface area contributed by atoms with Crippen molar-refractivity contribution < 1.29 is 9.47 Å². The van der Waals surface area contributed by atoms with E-state index in [0.29, 0.717) is 6.10 Å². The summed E-state index contributed by atoms with van der Waals surface area (Å²) in [6, 6.07) is 0. The van der Waals surface area contributed by atoms with E-state index in [9.17, 15) is 0 Å². The monoisotopic (exact) mass is 142 g/mol. The quantitative estimate of drug-likeness (QED) is 0.547. The topological polar surface area (TPSA) is 21.8 Å².